The molecule has 6 aliphatic rings. The van der Waals surface area contributed by atoms with Gasteiger partial charge in [0.25, 0.3) is 0 Å². The standard InChI is InChI=1S/C27H34FNO4/c28-18-3-4-23-21(13-18)26(16-33-23)7-9-29(10-8-26)19-12-17-5-6-27(17)22(14-19)24(27)25(30)32-15-20-2-1-11-31-20/h3-4,13,17,19-20,22,24H,1-2,5-12,14-16H2. The van der Waals surface area contributed by atoms with Crippen molar-refractivity contribution in [3.8, 4) is 5.75 Å². The fourth-order valence-corrected chi connectivity index (χ4v) is 8.32. The summed E-state index contributed by atoms with van der Waals surface area (Å²) in [6, 6.07) is 5.54. The number of hydrogen-bond donors (Lipinski definition) is 0. The third-order valence-electron chi connectivity index (χ3n) is 10.3. The van der Waals surface area contributed by atoms with E-state index in [1.807, 2.05) is 0 Å². The van der Waals surface area contributed by atoms with Gasteiger partial charge in [-0.1, -0.05) is 0 Å². The first kappa shape index (κ1) is 20.7. The summed E-state index contributed by atoms with van der Waals surface area (Å²) in [6.45, 7) is 3.97. The highest BCUT2D eigenvalue weighted by atomic mass is 19.1. The van der Waals surface area contributed by atoms with Crippen molar-refractivity contribution in [1.29, 1.82) is 0 Å². The van der Waals surface area contributed by atoms with E-state index in [9.17, 15) is 9.18 Å². The number of piperidine rings is 1. The summed E-state index contributed by atoms with van der Waals surface area (Å²) in [5.74, 6) is 2.05. The minimum atomic E-state index is -0.166. The Balaban J connectivity index is 0.994. The number of carbonyl (C=O) groups is 1. The van der Waals surface area contributed by atoms with E-state index in [1.165, 1.54) is 25.3 Å². The molecular formula is C27H34FNO4. The van der Waals surface area contributed by atoms with Crippen molar-refractivity contribution >= 4 is 5.97 Å². The molecule has 5 fully saturated rings. The van der Waals surface area contributed by atoms with Gasteiger partial charge in [0.2, 0.25) is 0 Å². The highest BCUT2D eigenvalue weighted by molar-refractivity contribution is 5.78. The molecule has 3 heterocycles. The Bertz CT molecular complexity index is 953. The Morgan fingerprint density at radius 3 is 2.82 bits per heavy atom. The van der Waals surface area contributed by atoms with Crippen molar-refractivity contribution in [2.45, 2.75) is 68.9 Å². The number of hydrogen-bond acceptors (Lipinski definition) is 5. The molecule has 2 spiro atoms. The zero-order valence-corrected chi connectivity index (χ0v) is 19.3. The Morgan fingerprint density at radius 2 is 2.06 bits per heavy atom. The Labute approximate surface area is 194 Å². The normalized spacial score (nSPS) is 40.3. The van der Waals surface area contributed by atoms with Crippen molar-refractivity contribution in [2.24, 2.45) is 23.2 Å². The number of likely N-dealkylation sites (tertiary alicyclic amines) is 1. The van der Waals surface area contributed by atoms with Crippen molar-refractivity contribution in [3.63, 3.8) is 0 Å². The molecule has 1 aromatic rings. The molecule has 0 radical (unpaired) electrons. The van der Waals surface area contributed by atoms with Gasteiger partial charge in [-0.25, -0.2) is 4.39 Å². The molecule has 5 nitrogen and oxygen atoms in total. The average Bonchev–Trinajstić information content (AvgIpc) is 3.08. The molecular weight excluding hydrogens is 421 g/mol. The lowest BCUT2D eigenvalue weighted by atomic mass is 9.61. The predicted octanol–water partition coefficient (Wildman–Crippen LogP) is 4.08. The fraction of sp³-hybridized carbons (Fsp3) is 0.741. The van der Waals surface area contributed by atoms with Crippen molar-refractivity contribution in [3.05, 3.63) is 29.6 Å². The monoisotopic (exact) mass is 455 g/mol. The van der Waals surface area contributed by atoms with Gasteiger partial charge in [0.15, 0.2) is 0 Å². The van der Waals surface area contributed by atoms with E-state index < -0.39 is 0 Å². The number of benzene rings is 1. The predicted molar refractivity (Wildman–Crippen MR) is 119 cm³/mol. The highest BCUT2D eigenvalue weighted by Gasteiger charge is 2.76. The summed E-state index contributed by atoms with van der Waals surface area (Å²) in [5, 5.41) is 0. The van der Waals surface area contributed by atoms with Gasteiger partial charge >= 0.3 is 5.97 Å². The Hall–Kier alpha value is -1.66. The summed E-state index contributed by atoms with van der Waals surface area (Å²) in [7, 11) is 0. The van der Waals surface area contributed by atoms with Crippen LogP contribution in [0.15, 0.2) is 18.2 Å². The zero-order valence-electron chi connectivity index (χ0n) is 19.3. The molecule has 6 atom stereocenters. The fourth-order valence-electron chi connectivity index (χ4n) is 8.32. The molecule has 178 valence electrons. The molecule has 33 heavy (non-hydrogen) atoms. The van der Waals surface area contributed by atoms with Gasteiger partial charge in [-0.15, -0.1) is 0 Å². The van der Waals surface area contributed by atoms with E-state index in [4.69, 9.17) is 14.2 Å². The van der Waals surface area contributed by atoms with Gasteiger partial charge in [0.1, 0.15) is 18.2 Å². The van der Waals surface area contributed by atoms with Gasteiger partial charge in [0, 0.05) is 23.6 Å². The van der Waals surface area contributed by atoms with Gasteiger partial charge in [-0.2, -0.15) is 0 Å². The van der Waals surface area contributed by atoms with Crippen LogP contribution in [0.2, 0.25) is 0 Å². The number of nitrogens with zero attached hydrogens (tertiary/aromatic N) is 1. The molecule has 0 N–H and O–H groups in total. The molecule has 3 aliphatic heterocycles. The van der Waals surface area contributed by atoms with Crippen LogP contribution in [0.1, 0.15) is 56.9 Å². The minimum Gasteiger partial charge on any atom is -0.492 e. The first-order valence-corrected chi connectivity index (χ1v) is 13.0. The van der Waals surface area contributed by atoms with Crippen LogP contribution in [0.4, 0.5) is 4.39 Å². The summed E-state index contributed by atoms with van der Waals surface area (Å²) >= 11 is 0. The minimum absolute atomic E-state index is 0.0307. The number of carbonyl (C=O) groups excluding carboxylic acids is 1. The van der Waals surface area contributed by atoms with Gasteiger partial charge in [-0.3, -0.25) is 4.79 Å². The van der Waals surface area contributed by atoms with E-state index in [2.05, 4.69) is 4.90 Å². The molecule has 3 saturated carbocycles. The number of ether oxygens (including phenoxy) is 3. The van der Waals surface area contributed by atoms with Crippen LogP contribution in [-0.2, 0) is 19.7 Å². The van der Waals surface area contributed by atoms with Crippen molar-refractivity contribution in [1.82, 2.24) is 4.90 Å². The van der Waals surface area contributed by atoms with E-state index in [-0.39, 0.29) is 34.6 Å². The second-order valence-electron chi connectivity index (χ2n) is 11.6. The van der Waals surface area contributed by atoms with E-state index >= 15 is 0 Å². The number of rotatable bonds is 4. The van der Waals surface area contributed by atoms with Crippen LogP contribution in [0.3, 0.4) is 0 Å². The SMILES string of the molecule is O=C(OCC1CCCO1)C1C2CC(N3CCC4(CC3)COc3ccc(F)cc34)CC3CCC321. The maximum Gasteiger partial charge on any atom is 0.309 e. The number of halogens is 1. The van der Waals surface area contributed by atoms with Crippen LogP contribution >= 0.6 is 0 Å². The smallest absolute Gasteiger partial charge is 0.309 e. The maximum absolute atomic E-state index is 13.9. The molecule has 3 aliphatic carbocycles. The molecule has 6 unspecified atom stereocenters. The summed E-state index contributed by atoms with van der Waals surface area (Å²) in [5.41, 5.74) is 1.30. The average molecular weight is 456 g/mol. The first-order chi connectivity index (χ1) is 16.1. The van der Waals surface area contributed by atoms with Gasteiger partial charge in [-0.05, 0) is 99.9 Å². The third kappa shape index (κ3) is 3.05. The van der Waals surface area contributed by atoms with E-state index in [0.29, 0.717) is 31.1 Å². The topological polar surface area (TPSA) is 48.0 Å². The van der Waals surface area contributed by atoms with Gasteiger partial charge < -0.3 is 19.1 Å². The summed E-state index contributed by atoms with van der Waals surface area (Å²) in [4.78, 5) is 15.6. The van der Waals surface area contributed by atoms with Crippen molar-refractivity contribution < 1.29 is 23.4 Å². The molecule has 1 aromatic carbocycles. The summed E-state index contributed by atoms with van der Waals surface area (Å²) < 4.78 is 31.3. The van der Waals surface area contributed by atoms with Gasteiger partial charge in [0.05, 0.1) is 18.6 Å². The second-order valence-corrected chi connectivity index (χ2v) is 11.6. The zero-order chi connectivity index (χ0) is 22.2. The third-order valence-corrected chi connectivity index (χ3v) is 10.3. The maximum atomic E-state index is 13.9. The molecule has 6 heteroatoms. The van der Waals surface area contributed by atoms with Crippen LogP contribution in [0.5, 0.6) is 5.75 Å². The first-order valence-electron chi connectivity index (χ1n) is 13.0. The molecule has 0 bridgehead atoms. The van der Waals surface area contributed by atoms with Crippen LogP contribution < -0.4 is 4.74 Å². The lowest BCUT2D eigenvalue weighted by Crippen LogP contribution is -2.51. The highest BCUT2D eigenvalue weighted by Crippen LogP contribution is 2.77. The van der Waals surface area contributed by atoms with E-state index in [1.54, 1.807) is 12.1 Å². The molecule has 0 aromatic heterocycles. The summed E-state index contributed by atoms with van der Waals surface area (Å²) in [6.07, 6.45) is 9.06. The van der Waals surface area contributed by atoms with Crippen LogP contribution in [-0.4, -0.2) is 55.9 Å². The van der Waals surface area contributed by atoms with E-state index in [0.717, 1.165) is 63.1 Å². The molecule has 2 saturated heterocycles. The Morgan fingerprint density at radius 1 is 1.18 bits per heavy atom. The molecule has 7 rings (SSSR count). The van der Waals surface area contributed by atoms with Crippen LogP contribution in [0.25, 0.3) is 0 Å². The number of fused-ring (bicyclic) bond motifs is 2. The lowest BCUT2D eigenvalue weighted by molar-refractivity contribution is -0.150. The Kier molecular flexibility index (Phi) is 4.65. The van der Waals surface area contributed by atoms with Crippen LogP contribution in [0, 0.1) is 29.0 Å². The largest absolute Gasteiger partial charge is 0.492 e. The second kappa shape index (κ2) is 7.42. The quantitative estimate of drug-likeness (QED) is 0.641. The lowest BCUT2D eigenvalue weighted by Gasteiger charge is -2.49. The molecule has 0 amide bonds. The van der Waals surface area contributed by atoms with Crippen molar-refractivity contribution in [2.75, 3.05) is 32.9 Å². The number of esters is 1.